The van der Waals surface area contributed by atoms with Crippen LogP contribution >= 0.6 is 11.3 Å². The molecule has 0 radical (unpaired) electrons. The van der Waals surface area contributed by atoms with Gasteiger partial charge in [-0.15, -0.1) is 11.3 Å². The summed E-state index contributed by atoms with van der Waals surface area (Å²) in [6.07, 6.45) is 5.24. The molecule has 1 aliphatic carbocycles. The normalized spacial score (nSPS) is 13.9. The summed E-state index contributed by atoms with van der Waals surface area (Å²) in [7, 11) is 0. The summed E-state index contributed by atoms with van der Waals surface area (Å²) in [5.41, 5.74) is 1.08. The number of nitrogens with zero attached hydrogens (tertiary/aromatic N) is 2. The number of benzene rings is 2. The van der Waals surface area contributed by atoms with Gasteiger partial charge in [0.25, 0.3) is 5.91 Å². The maximum atomic E-state index is 13.6. The third kappa shape index (κ3) is 6.94. The van der Waals surface area contributed by atoms with Crippen LogP contribution in [0.5, 0.6) is 5.75 Å². The van der Waals surface area contributed by atoms with Gasteiger partial charge in [0.2, 0.25) is 5.91 Å². The highest BCUT2D eigenvalue weighted by atomic mass is 32.1. The Labute approximate surface area is 206 Å². The minimum absolute atomic E-state index is 0.0316. The van der Waals surface area contributed by atoms with Crippen molar-refractivity contribution in [1.82, 2.24) is 9.80 Å². The van der Waals surface area contributed by atoms with E-state index >= 15 is 0 Å². The van der Waals surface area contributed by atoms with Crippen LogP contribution in [0.15, 0.2) is 78.2 Å². The molecule has 1 saturated carbocycles. The minimum atomic E-state index is -0.125. The van der Waals surface area contributed by atoms with Gasteiger partial charge in [0.1, 0.15) is 12.3 Å². The first-order valence-electron chi connectivity index (χ1n) is 12.0. The lowest BCUT2D eigenvalue weighted by molar-refractivity contribution is -0.145. The fraction of sp³-hybridized carbons (Fsp3) is 0.357. The molecule has 0 N–H and O–H groups in total. The van der Waals surface area contributed by atoms with Gasteiger partial charge in [-0.2, -0.15) is 0 Å². The van der Waals surface area contributed by atoms with E-state index in [4.69, 9.17) is 4.74 Å². The summed E-state index contributed by atoms with van der Waals surface area (Å²) in [4.78, 5) is 31.7. The SMILES string of the molecule is O=C(CN(C(=O)COc1ccccc1)C1CCCCC1)N(Cc1ccccc1)Cc1cccs1. The van der Waals surface area contributed by atoms with E-state index in [1.165, 1.54) is 6.42 Å². The van der Waals surface area contributed by atoms with Crippen molar-refractivity contribution in [2.45, 2.75) is 51.2 Å². The van der Waals surface area contributed by atoms with Crippen molar-refractivity contribution in [3.63, 3.8) is 0 Å². The fourth-order valence-corrected chi connectivity index (χ4v) is 5.15. The first kappa shape index (κ1) is 24.0. The van der Waals surface area contributed by atoms with Crippen molar-refractivity contribution < 1.29 is 14.3 Å². The largest absolute Gasteiger partial charge is 0.484 e. The van der Waals surface area contributed by atoms with E-state index in [9.17, 15) is 9.59 Å². The molecule has 0 unspecified atom stereocenters. The van der Waals surface area contributed by atoms with E-state index in [1.807, 2.05) is 83.1 Å². The second-order valence-corrected chi connectivity index (χ2v) is 9.76. The Balaban J connectivity index is 1.48. The van der Waals surface area contributed by atoms with Crippen LogP contribution in [0, 0.1) is 0 Å². The molecular formula is C28H32N2O3S. The highest BCUT2D eigenvalue weighted by molar-refractivity contribution is 7.09. The van der Waals surface area contributed by atoms with Gasteiger partial charge in [0.05, 0.1) is 6.54 Å². The van der Waals surface area contributed by atoms with Gasteiger partial charge in [-0.3, -0.25) is 9.59 Å². The van der Waals surface area contributed by atoms with Crippen LogP contribution in [-0.2, 0) is 22.7 Å². The maximum Gasteiger partial charge on any atom is 0.261 e. The van der Waals surface area contributed by atoms with Gasteiger partial charge in [-0.05, 0) is 42.0 Å². The number of hydrogen-bond acceptors (Lipinski definition) is 4. The van der Waals surface area contributed by atoms with Crippen molar-refractivity contribution in [3.8, 4) is 5.75 Å². The van der Waals surface area contributed by atoms with E-state index in [-0.39, 0.29) is 31.0 Å². The van der Waals surface area contributed by atoms with E-state index in [1.54, 1.807) is 16.2 Å². The Hall–Kier alpha value is -3.12. The predicted octanol–water partition coefficient (Wildman–Crippen LogP) is 5.52. The molecule has 0 atom stereocenters. The molecule has 1 aliphatic rings. The van der Waals surface area contributed by atoms with E-state index in [2.05, 4.69) is 0 Å². The number of hydrogen-bond donors (Lipinski definition) is 0. The summed E-state index contributed by atoms with van der Waals surface area (Å²) < 4.78 is 5.75. The monoisotopic (exact) mass is 476 g/mol. The molecule has 0 bridgehead atoms. The van der Waals surface area contributed by atoms with E-state index in [0.717, 1.165) is 36.1 Å². The summed E-state index contributed by atoms with van der Waals surface area (Å²) in [5, 5.41) is 2.03. The quantitative estimate of drug-likeness (QED) is 0.387. The number of carbonyl (C=O) groups is 2. The summed E-state index contributed by atoms with van der Waals surface area (Å²) in [5.74, 6) is 0.505. The molecule has 0 spiro atoms. The number of thiophene rings is 1. The molecule has 1 aromatic heterocycles. The lowest BCUT2D eigenvalue weighted by Gasteiger charge is -2.35. The highest BCUT2D eigenvalue weighted by Gasteiger charge is 2.29. The van der Waals surface area contributed by atoms with E-state index < -0.39 is 0 Å². The molecule has 1 heterocycles. The molecule has 4 rings (SSSR count). The Kier molecular flexibility index (Phi) is 8.74. The topological polar surface area (TPSA) is 49.9 Å². The smallest absolute Gasteiger partial charge is 0.261 e. The van der Waals surface area contributed by atoms with Crippen molar-refractivity contribution in [2.75, 3.05) is 13.2 Å². The Morgan fingerprint density at radius 1 is 0.824 bits per heavy atom. The molecule has 5 nitrogen and oxygen atoms in total. The first-order chi connectivity index (χ1) is 16.7. The molecular weight excluding hydrogens is 444 g/mol. The van der Waals surface area contributed by atoms with Gasteiger partial charge in [-0.1, -0.05) is 73.9 Å². The molecule has 1 fully saturated rings. The Morgan fingerprint density at radius 3 is 2.21 bits per heavy atom. The van der Waals surface area contributed by atoms with Crippen LogP contribution in [0.1, 0.15) is 42.5 Å². The summed E-state index contributed by atoms with van der Waals surface area (Å²) in [6, 6.07) is 23.5. The molecule has 178 valence electrons. The van der Waals surface area contributed by atoms with Crippen molar-refractivity contribution in [2.24, 2.45) is 0 Å². The zero-order valence-corrected chi connectivity index (χ0v) is 20.3. The molecule has 0 aliphatic heterocycles. The summed E-state index contributed by atoms with van der Waals surface area (Å²) in [6.45, 7) is 1.08. The molecule has 3 aromatic rings. The van der Waals surface area contributed by atoms with Gasteiger partial charge in [-0.25, -0.2) is 0 Å². The van der Waals surface area contributed by atoms with Crippen LogP contribution in [-0.4, -0.2) is 40.8 Å². The van der Waals surface area contributed by atoms with Gasteiger partial charge in [0, 0.05) is 17.5 Å². The molecule has 34 heavy (non-hydrogen) atoms. The number of carbonyl (C=O) groups excluding carboxylic acids is 2. The molecule has 0 saturated heterocycles. The molecule has 6 heteroatoms. The number of amides is 2. The van der Waals surface area contributed by atoms with Crippen LogP contribution in [0.3, 0.4) is 0 Å². The number of para-hydroxylation sites is 1. The Bertz CT molecular complexity index is 1020. The third-order valence-electron chi connectivity index (χ3n) is 6.24. The standard InChI is InChI=1S/C28H32N2O3S/c31-27(29(20-26-17-10-18-34-26)19-23-11-4-1-5-12-23)21-30(24-13-6-2-7-14-24)28(32)22-33-25-15-8-3-9-16-25/h1,3-5,8-12,15-18,24H,2,6-7,13-14,19-22H2. The lowest BCUT2D eigenvalue weighted by atomic mass is 9.94. The number of rotatable bonds is 10. The average molecular weight is 477 g/mol. The third-order valence-corrected chi connectivity index (χ3v) is 7.10. The maximum absolute atomic E-state index is 13.6. The van der Waals surface area contributed by atoms with Crippen LogP contribution in [0.25, 0.3) is 0 Å². The molecule has 2 aromatic carbocycles. The van der Waals surface area contributed by atoms with Gasteiger partial charge in [0.15, 0.2) is 6.61 Å². The van der Waals surface area contributed by atoms with Crippen molar-refractivity contribution in [1.29, 1.82) is 0 Å². The second kappa shape index (κ2) is 12.4. The second-order valence-electron chi connectivity index (χ2n) is 8.73. The summed E-state index contributed by atoms with van der Waals surface area (Å²) >= 11 is 1.64. The highest BCUT2D eigenvalue weighted by Crippen LogP contribution is 2.24. The van der Waals surface area contributed by atoms with Crippen LogP contribution in [0.4, 0.5) is 0 Å². The number of ether oxygens (including phenoxy) is 1. The van der Waals surface area contributed by atoms with Crippen LogP contribution < -0.4 is 4.74 Å². The zero-order chi connectivity index (χ0) is 23.6. The van der Waals surface area contributed by atoms with Crippen molar-refractivity contribution >= 4 is 23.2 Å². The molecule has 2 amide bonds. The van der Waals surface area contributed by atoms with Gasteiger partial charge < -0.3 is 14.5 Å². The van der Waals surface area contributed by atoms with Crippen LogP contribution in [0.2, 0.25) is 0 Å². The van der Waals surface area contributed by atoms with E-state index in [0.29, 0.717) is 18.8 Å². The minimum Gasteiger partial charge on any atom is -0.484 e. The zero-order valence-electron chi connectivity index (χ0n) is 19.5. The fourth-order valence-electron chi connectivity index (χ4n) is 4.43. The first-order valence-corrected chi connectivity index (χ1v) is 12.9. The Morgan fingerprint density at radius 2 is 1.53 bits per heavy atom. The van der Waals surface area contributed by atoms with Gasteiger partial charge >= 0.3 is 0 Å². The van der Waals surface area contributed by atoms with Crippen molar-refractivity contribution in [3.05, 3.63) is 88.6 Å². The predicted molar refractivity (Wildman–Crippen MR) is 136 cm³/mol. The average Bonchev–Trinajstić information content (AvgIpc) is 3.40. The lowest BCUT2D eigenvalue weighted by Crippen LogP contribution is -2.49.